The second-order valence-corrected chi connectivity index (χ2v) is 4.53. The summed E-state index contributed by atoms with van der Waals surface area (Å²) in [6.45, 7) is 5.43. The quantitative estimate of drug-likeness (QED) is 0.735. The number of rotatable bonds is 3. The highest BCUT2D eigenvalue weighted by atomic mass is 16.5. The van der Waals surface area contributed by atoms with E-state index in [0.29, 0.717) is 12.4 Å². The van der Waals surface area contributed by atoms with Gasteiger partial charge in [-0.2, -0.15) is 0 Å². The van der Waals surface area contributed by atoms with E-state index in [4.69, 9.17) is 4.74 Å². The summed E-state index contributed by atoms with van der Waals surface area (Å²) in [4.78, 5) is 16.4. The van der Waals surface area contributed by atoms with Gasteiger partial charge in [-0.3, -0.25) is 4.79 Å². The Kier molecular flexibility index (Phi) is 3.39. The van der Waals surface area contributed by atoms with Crippen LogP contribution in [-0.4, -0.2) is 28.5 Å². The predicted octanol–water partition coefficient (Wildman–Crippen LogP) is 2.07. The number of carbonyl (C=O) groups is 1. The number of carbonyl (C=O) groups excluding carboxylic acids is 1. The van der Waals surface area contributed by atoms with Crippen LogP contribution in [0, 0.1) is 5.92 Å². The van der Waals surface area contributed by atoms with E-state index < -0.39 is 0 Å². The number of ether oxygens (including phenoxy) is 1. The third-order valence-corrected chi connectivity index (χ3v) is 2.98. The van der Waals surface area contributed by atoms with E-state index in [2.05, 4.69) is 18.8 Å². The predicted molar refractivity (Wildman–Crippen MR) is 60.5 cm³/mol. The molecule has 16 heavy (non-hydrogen) atoms. The van der Waals surface area contributed by atoms with Gasteiger partial charge >= 0.3 is 0 Å². The first-order chi connectivity index (χ1) is 7.70. The van der Waals surface area contributed by atoms with E-state index in [1.54, 1.807) is 6.20 Å². The Bertz CT molecular complexity index is 365. The zero-order valence-electron chi connectivity index (χ0n) is 9.85. The molecule has 1 aromatic heterocycles. The molecular weight excluding hydrogens is 204 g/mol. The van der Waals surface area contributed by atoms with Crippen LogP contribution in [0.5, 0.6) is 0 Å². The van der Waals surface area contributed by atoms with Gasteiger partial charge in [-0.05, 0) is 26.7 Å². The van der Waals surface area contributed by atoms with Gasteiger partial charge in [-0.25, -0.2) is 4.98 Å². The number of imidazole rings is 1. The van der Waals surface area contributed by atoms with Crippen molar-refractivity contribution in [2.75, 3.05) is 13.2 Å². The van der Waals surface area contributed by atoms with Crippen LogP contribution in [0.3, 0.4) is 0 Å². The largest absolute Gasteiger partial charge is 0.381 e. The minimum atomic E-state index is -0.00588. The maximum Gasteiger partial charge on any atom is 0.203 e. The van der Waals surface area contributed by atoms with Gasteiger partial charge < -0.3 is 9.30 Å². The molecule has 1 aliphatic heterocycles. The number of hydrogen-bond acceptors (Lipinski definition) is 3. The minimum absolute atomic E-state index is 0.00588. The molecule has 0 saturated carbocycles. The Balaban J connectivity index is 2.16. The Hall–Kier alpha value is -1.16. The van der Waals surface area contributed by atoms with E-state index in [-0.39, 0.29) is 17.7 Å². The van der Waals surface area contributed by atoms with Crippen molar-refractivity contribution >= 4 is 5.78 Å². The van der Waals surface area contributed by atoms with Gasteiger partial charge in [0, 0.05) is 31.0 Å². The average Bonchev–Trinajstić information content (AvgIpc) is 2.78. The van der Waals surface area contributed by atoms with Crippen molar-refractivity contribution < 1.29 is 9.53 Å². The summed E-state index contributed by atoms with van der Waals surface area (Å²) in [6.07, 6.45) is 5.45. The molecule has 2 rings (SSSR count). The molecule has 1 aliphatic rings. The second kappa shape index (κ2) is 4.78. The summed E-state index contributed by atoms with van der Waals surface area (Å²) in [6, 6.07) is 0.269. The molecule has 1 aromatic rings. The minimum Gasteiger partial charge on any atom is -0.381 e. The number of hydrogen-bond donors (Lipinski definition) is 0. The zero-order chi connectivity index (χ0) is 11.5. The van der Waals surface area contributed by atoms with Crippen molar-refractivity contribution in [1.29, 1.82) is 0 Å². The van der Waals surface area contributed by atoms with Crippen molar-refractivity contribution in [3.63, 3.8) is 0 Å². The summed E-state index contributed by atoms with van der Waals surface area (Å²) in [5.41, 5.74) is 0. The third-order valence-electron chi connectivity index (χ3n) is 2.98. The van der Waals surface area contributed by atoms with Crippen LogP contribution in [0.1, 0.15) is 43.3 Å². The Morgan fingerprint density at radius 2 is 2.44 bits per heavy atom. The molecule has 2 heterocycles. The van der Waals surface area contributed by atoms with E-state index in [0.717, 1.165) is 19.4 Å². The van der Waals surface area contributed by atoms with Gasteiger partial charge in [0.1, 0.15) is 0 Å². The molecule has 1 atom stereocenters. The van der Waals surface area contributed by atoms with E-state index in [1.165, 1.54) is 0 Å². The first-order valence-electron chi connectivity index (χ1n) is 5.85. The monoisotopic (exact) mass is 222 g/mol. The van der Waals surface area contributed by atoms with Crippen molar-refractivity contribution in [2.45, 2.75) is 32.7 Å². The molecule has 0 bridgehead atoms. The topological polar surface area (TPSA) is 44.1 Å². The molecule has 0 N–H and O–H groups in total. The van der Waals surface area contributed by atoms with Crippen LogP contribution in [0.4, 0.5) is 0 Å². The molecule has 0 amide bonds. The Morgan fingerprint density at radius 3 is 3.06 bits per heavy atom. The smallest absolute Gasteiger partial charge is 0.203 e. The molecule has 1 fully saturated rings. The van der Waals surface area contributed by atoms with Crippen molar-refractivity contribution in [3.05, 3.63) is 18.2 Å². The van der Waals surface area contributed by atoms with Crippen LogP contribution in [0.2, 0.25) is 0 Å². The number of Topliss-reactive ketones (excluding diaryl/α,β-unsaturated/α-hetero) is 1. The standard InChI is InChI=1S/C12H18N2O2/c1-9(2)14-6-5-13-12(14)11(15)10-4-3-7-16-8-10/h5-6,9-10H,3-4,7-8H2,1-2H3/t10-/m0/s1. The fourth-order valence-corrected chi connectivity index (χ4v) is 2.05. The van der Waals surface area contributed by atoms with E-state index in [1.807, 2.05) is 10.8 Å². The number of ketones is 1. The molecule has 88 valence electrons. The maximum absolute atomic E-state index is 12.2. The average molecular weight is 222 g/mol. The molecule has 0 aromatic carbocycles. The molecular formula is C12H18N2O2. The second-order valence-electron chi connectivity index (χ2n) is 4.53. The Labute approximate surface area is 95.6 Å². The molecule has 4 nitrogen and oxygen atoms in total. The maximum atomic E-state index is 12.2. The summed E-state index contributed by atoms with van der Waals surface area (Å²) in [5, 5.41) is 0. The van der Waals surface area contributed by atoms with Crippen LogP contribution in [0.15, 0.2) is 12.4 Å². The van der Waals surface area contributed by atoms with Crippen LogP contribution in [-0.2, 0) is 4.74 Å². The number of nitrogens with zero attached hydrogens (tertiary/aromatic N) is 2. The molecule has 1 saturated heterocycles. The first-order valence-corrected chi connectivity index (χ1v) is 5.85. The van der Waals surface area contributed by atoms with Gasteiger partial charge in [-0.15, -0.1) is 0 Å². The molecule has 4 heteroatoms. The Morgan fingerprint density at radius 1 is 1.62 bits per heavy atom. The van der Waals surface area contributed by atoms with Gasteiger partial charge in [-0.1, -0.05) is 0 Å². The molecule has 0 radical (unpaired) electrons. The van der Waals surface area contributed by atoms with E-state index >= 15 is 0 Å². The third kappa shape index (κ3) is 2.16. The van der Waals surface area contributed by atoms with Crippen molar-refractivity contribution in [2.24, 2.45) is 5.92 Å². The van der Waals surface area contributed by atoms with Gasteiger partial charge in [0.05, 0.1) is 6.61 Å². The lowest BCUT2D eigenvalue weighted by Gasteiger charge is -2.21. The fourth-order valence-electron chi connectivity index (χ4n) is 2.05. The van der Waals surface area contributed by atoms with Gasteiger partial charge in [0.2, 0.25) is 5.78 Å². The van der Waals surface area contributed by atoms with E-state index in [9.17, 15) is 4.79 Å². The highest BCUT2D eigenvalue weighted by Gasteiger charge is 2.26. The summed E-state index contributed by atoms with van der Waals surface area (Å²) in [5.74, 6) is 0.692. The van der Waals surface area contributed by atoms with Gasteiger partial charge in [0.15, 0.2) is 5.82 Å². The summed E-state index contributed by atoms with van der Waals surface area (Å²) >= 11 is 0. The molecule has 0 spiro atoms. The van der Waals surface area contributed by atoms with Gasteiger partial charge in [0.25, 0.3) is 0 Å². The van der Waals surface area contributed by atoms with Crippen LogP contribution in [0.25, 0.3) is 0 Å². The molecule has 0 aliphatic carbocycles. The SMILES string of the molecule is CC(C)n1ccnc1C(=O)[C@H]1CCCOC1. The first kappa shape index (κ1) is 11.3. The normalized spacial score (nSPS) is 21.3. The van der Waals surface area contributed by atoms with Crippen LogP contribution < -0.4 is 0 Å². The lowest BCUT2D eigenvalue weighted by atomic mass is 9.97. The summed E-state index contributed by atoms with van der Waals surface area (Å²) < 4.78 is 7.27. The highest BCUT2D eigenvalue weighted by Crippen LogP contribution is 2.19. The van der Waals surface area contributed by atoms with Crippen molar-refractivity contribution in [1.82, 2.24) is 9.55 Å². The van der Waals surface area contributed by atoms with Crippen LogP contribution >= 0.6 is 0 Å². The zero-order valence-corrected chi connectivity index (χ0v) is 9.85. The fraction of sp³-hybridized carbons (Fsp3) is 0.667. The van der Waals surface area contributed by atoms with Crippen molar-refractivity contribution in [3.8, 4) is 0 Å². The highest BCUT2D eigenvalue weighted by molar-refractivity contribution is 5.94. The lowest BCUT2D eigenvalue weighted by molar-refractivity contribution is 0.0450. The molecule has 0 unspecified atom stereocenters. The number of aromatic nitrogens is 2. The lowest BCUT2D eigenvalue weighted by Crippen LogP contribution is -2.27. The summed E-state index contributed by atoms with van der Waals surface area (Å²) in [7, 11) is 0.